The van der Waals surface area contributed by atoms with Crippen LogP contribution >= 0.6 is 0 Å². The van der Waals surface area contributed by atoms with Crippen LogP contribution < -0.4 is 15.8 Å². The Kier molecular flexibility index (Phi) is 5.39. The van der Waals surface area contributed by atoms with Crippen molar-refractivity contribution in [3.8, 4) is 11.4 Å². The van der Waals surface area contributed by atoms with Gasteiger partial charge >= 0.3 is 0 Å². The summed E-state index contributed by atoms with van der Waals surface area (Å²) in [6, 6.07) is 16.6. The molecule has 1 amide bonds. The van der Waals surface area contributed by atoms with E-state index in [1.165, 1.54) is 0 Å². The highest BCUT2D eigenvalue weighted by Crippen LogP contribution is 2.24. The minimum absolute atomic E-state index is 0.150. The quantitative estimate of drug-likeness (QED) is 0.715. The second-order valence-electron chi connectivity index (χ2n) is 6.90. The number of nitrogens with one attached hydrogen (secondary N) is 2. The van der Waals surface area contributed by atoms with Crippen LogP contribution in [0.3, 0.4) is 0 Å². The number of aromatic nitrogens is 2. The first-order valence-electron chi connectivity index (χ1n) is 9.52. The Morgan fingerprint density at radius 2 is 1.76 bits per heavy atom. The Balaban J connectivity index is 1.74. The molecule has 0 saturated carbocycles. The lowest BCUT2D eigenvalue weighted by Gasteiger charge is -2.29. The molecule has 2 N–H and O–H groups in total. The molecule has 0 atom stereocenters. The number of nitrogens with zero attached hydrogens (tertiary/aromatic N) is 2. The number of morpholine rings is 1. The van der Waals surface area contributed by atoms with E-state index in [0.29, 0.717) is 43.5 Å². The number of benzene rings is 2. The predicted octanol–water partition coefficient (Wildman–Crippen LogP) is 2.83. The van der Waals surface area contributed by atoms with E-state index in [2.05, 4.69) is 15.3 Å². The lowest BCUT2D eigenvalue weighted by atomic mass is 10.1. The highest BCUT2D eigenvalue weighted by Gasteiger charge is 2.22. The number of anilines is 2. The number of aromatic amines is 1. The van der Waals surface area contributed by atoms with Crippen LogP contribution in [-0.2, 0) is 4.74 Å². The number of H-pyrrole nitrogens is 1. The van der Waals surface area contributed by atoms with Crippen molar-refractivity contribution in [2.75, 3.05) is 36.5 Å². The van der Waals surface area contributed by atoms with Gasteiger partial charge in [0.1, 0.15) is 5.82 Å². The third-order valence-corrected chi connectivity index (χ3v) is 4.81. The summed E-state index contributed by atoms with van der Waals surface area (Å²) in [4.78, 5) is 35.1. The SMILES string of the molecule is Cc1ccc(C(=O)Nc2c(N3CCOCC3)nc(-c3ccccc3)[nH]c2=O)cc1. The molecule has 29 heavy (non-hydrogen) atoms. The molecule has 2 aromatic carbocycles. The maximum Gasteiger partial charge on any atom is 0.277 e. The highest BCUT2D eigenvalue weighted by molar-refractivity contribution is 6.05. The van der Waals surface area contributed by atoms with Gasteiger partial charge in [-0.1, -0.05) is 48.0 Å². The molecule has 2 heterocycles. The van der Waals surface area contributed by atoms with Crippen molar-refractivity contribution in [2.45, 2.75) is 6.92 Å². The smallest absolute Gasteiger partial charge is 0.277 e. The fourth-order valence-electron chi connectivity index (χ4n) is 3.20. The van der Waals surface area contributed by atoms with E-state index in [0.717, 1.165) is 11.1 Å². The number of hydrogen-bond acceptors (Lipinski definition) is 5. The summed E-state index contributed by atoms with van der Waals surface area (Å²) >= 11 is 0. The molecule has 0 unspecified atom stereocenters. The number of aryl methyl sites for hydroxylation is 1. The summed E-state index contributed by atoms with van der Waals surface area (Å²) in [5.74, 6) is 0.570. The number of amides is 1. The highest BCUT2D eigenvalue weighted by atomic mass is 16.5. The van der Waals surface area contributed by atoms with Gasteiger partial charge in [0.2, 0.25) is 0 Å². The zero-order valence-corrected chi connectivity index (χ0v) is 16.1. The minimum Gasteiger partial charge on any atom is -0.378 e. The van der Waals surface area contributed by atoms with E-state index >= 15 is 0 Å². The molecule has 1 aliphatic rings. The van der Waals surface area contributed by atoms with Gasteiger partial charge in [-0.15, -0.1) is 0 Å². The molecule has 3 aromatic rings. The predicted molar refractivity (Wildman–Crippen MR) is 112 cm³/mol. The van der Waals surface area contributed by atoms with E-state index in [4.69, 9.17) is 4.74 Å². The monoisotopic (exact) mass is 390 g/mol. The van der Waals surface area contributed by atoms with Crippen molar-refractivity contribution in [3.05, 3.63) is 76.1 Å². The molecule has 7 nitrogen and oxygen atoms in total. The molecule has 0 bridgehead atoms. The zero-order valence-electron chi connectivity index (χ0n) is 16.1. The van der Waals surface area contributed by atoms with Gasteiger partial charge in [-0.25, -0.2) is 4.98 Å². The van der Waals surface area contributed by atoms with Gasteiger partial charge in [-0.2, -0.15) is 0 Å². The van der Waals surface area contributed by atoms with Crippen molar-refractivity contribution < 1.29 is 9.53 Å². The molecule has 4 rings (SSSR count). The number of hydrogen-bond donors (Lipinski definition) is 2. The van der Waals surface area contributed by atoms with Crippen LogP contribution in [0.5, 0.6) is 0 Å². The summed E-state index contributed by atoms with van der Waals surface area (Å²) in [5.41, 5.74) is 2.10. The molecule has 148 valence electrons. The fourth-order valence-corrected chi connectivity index (χ4v) is 3.20. The van der Waals surface area contributed by atoms with Crippen molar-refractivity contribution in [1.82, 2.24) is 9.97 Å². The molecular formula is C22H22N4O3. The summed E-state index contributed by atoms with van der Waals surface area (Å²) in [6.45, 7) is 4.23. The second-order valence-corrected chi connectivity index (χ2v) is 6.90. The van der Waals surface area contributed by atoms with Crippen LogP contribution in [-0.4, -0.2) is 42.2 Å². The molecule has 1 aliphatic heterocycles. The maximum absolute atomic E-state index is 12.9. The molecule has 1 saturated heterocycles. The van der Waals surface area contributed by atoms with Gasteiger partial charge in [0.05, 0.1) is 13.2 Å². The molecule has 7 heteroatoms. The Morgan fingerprint density at radius 1 is 1.07 bits per heavy atom. The van der Waals surface area contributed by atoms with Gasteiger partial charge in [0.15, 0.2) is 11.5 Å². The van der Waals surface area contributed by atoms with Crippen molar-refractivity contribution >= 4 is 17.4 Å². The Hall–Kier alpha value is -3.45. The average Bonchev–Trinajstić information content (AvgIpc) is 2.76. The van der Waals surface area contributed by atoms with E-state index < -0.39 is 0 Å². The van der Waals surface area contributed by atoms with Gasteiger partial charge in [-0.3, -0.25) is 9.59 Å². The zero-order chi connectivity index (χ0) is 20.2. The Labute approximate surface area is 168 Å². The molecule has 1 aromatic heterocycles. The molecule has 0 spiro atoms. The topological polar surface area (TPSA) is 87.3 Å². The van der Waals surface area contributed by atoms with Gasteiger partial charge < -0.3 is 19.9 Å². The third kappa shape index (κ3) is 4.20. The molecule has 1 fully saturated rings. The number of carbonyl (C=O) groups is 1. The first-order chi connectivity index (χ1) is 14.1. The van der Waals surface area contributed by atoms with Crippen molar-refractivity contribution in [2.24, 2.45) is 0 Å². The fraction of sp³-hybridized carbons (Fsp3) is 0.227. The Bertz CT molecular complexity index is 1060. The standard InChI is InChI=1S/C22H22N4O3/c1-15-7-9-17(10-8-15)21(27)23-18-20(26-11-13-29-14-12-26)24-19(25-22(18)28)16-5-3-2-4-6-16/h2-10H,11-14H2,1H3,(H,23,27)(H,24,25,28). The van der Waals surface area contributed by atoms with Crippen molar-refractivity contribution in [3.63, 3.8) is 0 Å². The summed E-state index contributed by atoms with van der Waals surface area (Å²) < 4.78 is 5.43. The van der Waals surface area contributed by atoms with E-state index in [9.17, 15) is 9.59 Å². The van der Waals surface area contributed by atoms with Gasteiger partial charge in [0.25, 0.3) is 11.5 Å². The molecular weight excluding hydrogens is 368 g/mol. The normalized spacial score (nSPS) is 13.9. The van der Waals surface area contributed by atoms with Gasteiger partial charge in [-0.05, 0) is 19.1 Å². The van der Waals surface area contributed by atoms with E-state index in [-0.39, 0.29) is 17.2 Å². The second kappa shape index (κ2) is 8.28. The van der Waals surface area contributed by atoms with Crippen LogP contribution in [0, 0.1) is 6.92 Å². The number of rotatable bonds is 4. The molecule has 0 radical (unpaired) electrons. The summed E-state index contributed by atoms with van der Waals surface area (Å²) in [5, 5.41) is 2.76. The first kappa shape index (κ1) is 18.9. The number of ether oxygens (including phenoxy) is 1. The minimum atomic E-state index is -0.388. The van der Waals surface area contributed by atoms with Crippen LogP contribution in [0.2, 0.25) is 0 Å². The Morgan fingerprint density at radius 3 is 2.45 bits per heavy atom. The van der Waals surface area contributed by atoms with Crippen LogP contribution in [0.4, 0.5) is 11.5 Å². The lowest BCUT2D eigenvalue weighted by molar-refractivity contribution is 0.102. The largest absolute Gasteiger partial charge is 0.378 e. The van der Waals surface area contributed by atoms with Crippen LogP contribution in [0.25, 0.3) is 11.4 Å². The van der Waals surface area contributed by atoms with Crippen molar-refractivity contribution in [1.29, 1.82) is 0 Å². The van der Waals surface area contributed by atoms with Crippen LogP contribution in [0.15, 0.2) is 59.4 Å². The number of carbonyl (C=O) groups excluding carboxylic acids is 1. The van der Waals surface area contributed by atoms with Crippen LogP contribution in [0.1, 0.15) is 15.9 Å². The van der Waals surface area contributed by atoms with E-state index in [1.807, 2.05) is 54.3 Å². The molecule has 0 aliphatic carbocycles. The van der Waals surface area contributed by atoms with E-state index in [1.54, 1.807) is 12.1 Å². The average molecular weight is 390 g/mol. The lowest BCUT2D eigenvalue weighted by Crippen LogP contribution is -2.38. The summed E-state index contributed by atoms with van der Waals surface area (Å²) in [6.07, 6.45) is 0. The third-order valence-electron chi connectivity index (χ3n) is 4.81. The van der Waals surface area contributed by atoms with Gasteiger partial charge in [0, 0.05) is 24.2 Å². The maximum atomic E-state index is 12.9. The summed E-state index contributed by atoms with van der Waals surface area (Å²) in [7, 11) is 0. The first-order valence-corrected chi connectivity index (χ1v) is 9.52.